The first-order valence-electron chi connectivity index (χ1n) is 24.3. The lowest BCUT2D eigenvalue weighted by Gasteiger charge is -2.46. The molecule has 3 fully saturated rings. The van der Waals surface area contributed by atoms with Crippen LogP contribution in [0.3, 0.4) is 0 Å². The number of rotatable bonds is 13. The minimum absolute atomic E-state index is 0.0481. The van der Waals surface area contributed by atoms with Gasteiger partial charge in [-0.15, -0.1) is 0 Å². The molecule has 376 valence electrons. The summed E-state index contributed by atoms with van der Waals surface area (Å²) in [5.41, 5.74) is 1.54. The molecular formula is C57H51N5O12. The van der Waals surface area contributed by atoms with E-state index in [0.29, 0.717) is 59.8 Å². The fraction of sp³-hybridized carbons (Fsp3) is 0.263. The van der Waals surface area contributed by atoms with Crippen LogP contribution in [0.15, 0.2) is 152 Å². The Balaban J connectivity index is 1.22. The molecule has 6 aromatic carbocycles. The van der Waals surface area contributed by atoms with E-state index in [4.69, 9.17) is 18.9 Å². The highest BCUT2D eigenvalue weighted by atomic mass is 16.6. The van der Waals surface area contributed by atoms with Gasteiger partial charge in [0.1, 0.15) is 36.5 Å². The standard InChI is InChI=1S/C57H51N5O12/c63-30-10-9-11-37-20-27-46-45(35-37)57(55(67)60(46)56(68)73-36-38-18-23-43(24-19-38)62(69)70)48(53(65)58-41-21-25-42(26-22-41)59-28-32-71-33-29-59)50-54(66)74-51(40-14-5-2-6-15-40)49(39-12-3-1-4-13-39)61(50)52(57)44-16-7-8-17-47(44)72-34-31-64/h1-8,12-27,35,48-52,63-64H,10,28-34,36H2,(H,58,65)/t48-,49-,50-,51+,52+,57-/m1/s1. The second-order valence-corrected chi connectivity index (χ2v) is 18.1. The van der Waals surface area contributed by atoms with Crippen molar-refractivity contribution in [2.45, 2.75) is 42.7 Å². The van der Waals surface area contributed by atoms with E-state index in [1.54, 1.807) is 54.6 Å². The zero-order chi connectivity index (χ0) is 51.3. The van der Waals surface area contributed by atoms with Crippen LogP contribution in [0, 0.1) is 27.9 Å². The molecule has 0 aliphatic carbocycles. The molecule has 4 heterocycles. The average Bonchev–Trinajstić information content (AvgIpc) is 4.06. The van der Waals surface area contributed by atoms with E-state index >= 15 is 14.4 Å². The Morgan fingerprint density at radius 1 is 0.811 bits per heavy atom. The number of non-ortho nitro benzene ring substituents is 1. The molecule has 6 atom stereocenters. The number of hydrogen-bond acceptors (Lipinski definition) is 14. The summed E-state index contributed by atoms with van der Waals surface area (Å²) < 4.78 is 24.4. The van der Waals surface area contributed by atoms with Gasteiger partial charge in [-0.2, -0.15) is 0 Å². The molecule has 0 saturated carbocycles. The summed E-state index contributed by atoms with van der Waals surface area (Å²) in [4.78, 5) is 79.1. The normalized spacial score (nSPS) is 22.0. The van der Waals surface area contributed by atoms with Crippen molar-refractivity contribution in [2.24, 2.45) is 5.92 Å². The van der Waals surface area contributed by atoms with Gasteiger partial charge in [-0.1, -0.05) is 90.7 Å². The molecule has 3 N–H and O–H groups in total. The number of amides is 3. The van der Waals surface area contributed by atoms with Crippen LogP contribution in [-0.2, 0) is 40.6 Å². The van der Waals surface area contributed by atoms with Crippen LogP contribution in [0.1, 0.15) is 58.0 Å². The van der Waals surface area contributed by atoms with Crippen LogP contribution in [-0.4, -0.2) is 96.1 Å². The SMILES string of the molecule is O=C1O[C@@H](c2ccccc2)[C@@H](c2ccccc2)N2[C@@H](c3ccccc3OCCO)[C@]3(C(=O)N(C(=O)OCc4ccc([N+](=O)[O-])cc4)c4ccc(C#CCCO)cc43)[C@@H](C(=O)Nc3ccc(N4CCOCC4)cc3)[C@H]12. The highest BCUT2D eigenvalue weighted by Crippen LogP contribution is 2.67. The molecular weight excluding hydrogens is 947 g/mol. The molecule has 4 aliphatic rings. The molecule has 6 aromatic rings. The number of para-hydroxylation sites is 1. The minimum atomic E-state index is -2.21. The fourth-order valence-electron chi connectivity index (χ4n) is 10.9. The molecule has 1 spiro atoms. The number of esters is 1. The number of anilines is 3. The quantitative estimate of drug-likeness (QED) is 0.0453. The number of morpholine rings is 2. The number of hydrogen-bond donors (Lipinski definition) is 3. The van der Waals surface area contributed by atoms with E-state index in [2.05, 4.69) is 22.1 Å². The smallest absolute Gasteiger partial charge is 0.421 e. The van der Waals surface area contributed by atoms with Gasteiger partial charge in [0.05, 0.1) is 55.0 Å². The van der Waals surface area contributed by atoms with E-state index in [1.807, 2.05) is 77.7 Å². The molecule has 3 amide bonds. The van der Waals surface area contributed by atoms with Crippen molar-refractivity contribution < 1.29 is 53.3 Å². The summed E-state index contributed by atoms with van der Waals surface area (Å²) in [7, 11) is 0. The number of carbonyl (C=O) groups excluding carboxylic acids is 4. The summed E-state index contributed by atoms with van der Waals surface area (Å²) >= 11 is 0. The fourth-order valence-corrected chi connectivity index (χ4v) is 10.9. The Hall–Kier alpha value is -8.40. The molecule has 0 aromatic heterocycles. The van der Waals surface area contributed by atoms with Crippen LogP contribution in [0.25, 0.3) is 0 Å². The van der Waals surface area contributed by atoms with Crippen molar-refractivity contribution in [1.29, 1.82) is 0 Å². The lowest BCUT2D eigenvalue weighted by Crippen LogP contribution is -2.54. The molecule has 3 saturated heterocycles. The van der Waals surface area contributed by atoms with Crippen LogP contribution in [0.5, 0.6) is 5.75 Å². The molecule has 0 unspecified atom stereocenters. The second kappa shape index (κ2) is 21.4. The highest BCUT2D eigenvalue weighted by molar-refractivity contribution is 6.24. The predicted molar refractivity (Wildman–Crippen MR) is 271 cm³/mol. The Morgan fingerprint density at radius 3 is 2.19 bits per heavy atom. The summed E-state index contributed by atoms with van der Waals surface area (Å²) in [5, 5.41) is 34.4. The number of imide groups is 1. The molecule has 0 bridgehead atoms. The Kier molecular flexibility index (Phi) is 14.2. The number of ether oxygens (including phenoxy) is 4. The lowest BCUT2D eigenvalue weighted by molar-refractivity contribution is -0.384. The summed E-state index contributed by atoms with van der Waals surface area (Å²) in [5.74, 6) is 2.12. The highest BCUT2D eigenvalue weighted by Gasteiger charge is 2.76. The van der Waals surface area contributed by atoms with Crippen LogP contribution in [0.4, 0.5) is 27.5 Å². The van der Waals surface area contributed by atoms with Gasteiger partial charge >= 0.3 is 12.1 Å². The van der Waals surface area contributed by atoms with Crippen LogP contribution in [0.2, 0.25) is 0 Å². The van der Waals surface area contributed by atoms with E-state index in [-0.39, 0.29) is 48.9 Å². The minimum Gasteiger partial charge on any atom is -0.491 e. The van der Waals surface area contributed by atoms with Gasteiger partial charge in [0, 0.05) is 54.1 Å². The number of carbonyl (C=O) groups is 4. The Labute approximate surface area is 426 Å². The van der Waals surface area contributed by atoms with Gasteiger partial charge in [-0.05, 0) is 82.9 Å². The topological polar surface area (TPSA) is 211 Å². The van der Waals surface area contributed by atoms with E-state index < -0.39 is 71.0 Å². The third kappa shape index (κ3) is 9.09. The zero-order valence-electron chi connectivity index (χ0n) is 40.0. The maximum Gasteiger partial charge on any atom is 0.421 e. The molecule has 17 nitrogen and oxygen atoms in total. The number of nitro groups is 1. The number of cyclic esters (lactones) is 1. The largest absolute Gasteiger partial charge is 0.491 e. The summed E-state index contributed by atoms with van der Waals surface area (Å²) in [6, 6.07) is 39.1. The van der Waals surface area contributed by atoms with Crippen molar-refractivity contribution in [2.75, 3.05) is 61.2 Å². The molecule has 10 rings (SSSR count). The number of nitro benzene ring substituents is 1. The van der Waals surface area contributed by atoms with Gasteiger partial charge < -0.3 is 39.4 Å². The van der Waals surface area contributed by atoms with Gasteiger partial charge in [-0.3, -0.25) is 29.4 Å². The van der Waals surface area contributed by atoms with Crippen molar-refractivity contribution in [1.82, 2.24) is 4.90 Å². The first-order chi connectivity index (χ1) is 36.1. The Bertz CT molecular complexity index is 3120. The van der Waals surface area contributed by atoms with Crippen LogP contribution < -0.4 is 19.9 Å². The predicted octanol–water partition coefficient (Wildman–Crippen LogP) is 7.18. The summed E-state index contributed by atoms with van der Waals surface area (Å²) in [6.45, 7) is 1.33. The van der Waals surface area contributed by atoms with Crippen molar-refractivity contribution in [3.63, 3.8) is 0 Å². The third-order valence-corrected chi connectivity index (χ3v) is 14.0. The van der Waals surface area contributed by atoms with Crippen molar-refractivity contribution in [3.8, 4) is 17.6 Å². The number of nitrogens with zero attached hydrogens (tertiary/aromatic N) is 4. The number of benzene rings is 6. The van der Waals surface area contributed by atoms with Crippen LogP contribution >= 0.6 is 0 Å². The molecule has 17 heteroatoms. The molecule has 0 radical (unpaired) electrons. The van der Waals surface area contributed by atoms with E-state index in [0.717, 1.165) is 10.6 Å². The van der Waals surface area contributed by atoms with Gasteiger partial charge in [-0.25, -0.2) is 9.69 Å². The van der Waals surface area contributed by atoms with Gasteiger partial charge in [0.25, 0.3) is 5.69 Å². The number of aliphatic hydroxyl groups excluding tert-OH is 2. The first kappa shape index (κ1) is 49.2. The van der Waals surface area contributed by atoms with Crippen molar-refractivity contribution in [3.05, 3.63) is 195 Å². The van der Waals surface area contributed by atoms with E-state index in [9.17, 15) is 25.1 Å². The Morgan fingerprint density at radius 2 is 1.50 bits per heavy atom. The first-order valence-corrected chi connectivity index (χ1v) is 24.3. The summed E-state index contributed by atoms with van der Waals surface area (Å²) in [6.07, 6.45) is -2.01. The van der Waals surface area contributed by atoms with Gasteiger partial charge in [0.2, 0.25) is 11.8 Å². The van der Waals surface area contributed by atoms with Gasteiger partial charge in [0.15, 0.2) is 0 Å². The number of nitrogens with one attached hydrogen (secondary N) is 1. The second-order valence-electron chi connectivity index (χ2n) is 18.1. The number of fused-ring (bicyclic) bond motifs is 3. The zero-order valence-corrected chi connectivity index (χ0v) is 40.0. The average molecular weight is 998 g/mol. The van der Waals surface area contributed by atoms with E-state index in [1.165, 1.54) is 24.3 Å². The molecule has 4 aliphatic heterocycles. The maximum absolute atomic E-state index is 16.7. The number of aliphatic hydroxyl groups is 2. The maximum atomic E-state index is 16.7. The van der Waals surface area contributed by atoms with Crippen molar-refractivity contribution >= 4 is 46.6 Å². The molecule has 74 heavy (non-hydrogen) atoms. The lowest BCUT2D eigenvalue weighted by atomic mass is 9.65. The third-order valence-electron chi connectivity index (χ3n) is 14.0. The monoisotopic (exact) mass is 997 g/mol.